The number of nitrogens with one attached hydrogen (secondary N) is 2. The van der Waals surface area contributed by atoms with Crippen molar-refractivity contribution in [2.45, 2.75) is 82.3 Å². The van der Waals surface area contributed by atoms with Crippen molar-refractivity contribution in [3.63, 3.8) is 0 Å². The van der Waals surface area contributed by atoms with E-state index in [4.69, 9.17) is 4.74 Å². The molecule has 2 amide bonds. The fourth-order valence-corrected chi connectivity index (χ4v) is 6.74. The number of likely N-dealkylation sites (tertiary alicyclic amines) is 1. The van der Waals surface area contributed by atoms with Crippen molar-refractivity contribution in [2.75, 3.05) is 40.4 Å². The molecular formula is C31H48N4O3. The summed E-state index contributed by atoms with van der Waals surface area (Å²) < 4.78 is 5.28. The number of likely N-dealkylation sites (N-methyl/N-ethyl adjacent to an activating group) is 1. The van der Waals surface area contributed by atoms with E-state index in [-0.39, 0.29) is 18.0 Å². The smallest absolute Gasteiger partial charge is 0.317 e. The molecule has 0 bridgehead atoms. The highest BCUT2D eigenvalue weighted by atomic mass is 16.5. The van der Waals surface area contributed by atoms with Gasteiger partial charge in [0.1, 0.15) is 0 Å². The minimum Gasteiger partial charge on any atom is -0.385 e. The van der Waals surface area contributed by atoms with E-state index in [0.717, 1.165) is 61.7 Å². The Bertz CT molecular complexity index is 1010. The summed E-state index contributed by atoms with van der Waals surface area (Å²) >= 11 is 0. The van der Waals surface area contributed by atoms with Crippen molar-refractivity contribution in [1.29, 1.82) is 0 Å². The molecule has 2 fully saturated rings. The van der Waals surface area contributed by atoms with Gasteiger partial charge in [0.15, 0.2) is 0 Å². The number of ether oxygens (including phenoxy) is 1. The first-order valence-corrected chi connectivity index (χ1v) is 14.8. The summed E-state index contributed by atoms with van der Waals surface area (Å²) in [5, 5.41) is 20.1. The predicted molar refractivity (Wildman–Crippen MR) is 153 cm³/mol. The second-order valence-corrected chi connectivity index (χ2v) is 11.5. The van der Waals surface area contributed by atoms with Gasteiger partial charge in [-0.15, -0.1) is 0 Å². The lowest BCUT2D eigenvalue weighted by Crippen LogP contribution is -2.54. The number of hydrogen-bond acceptors (Lipinski definition) is 5. The minimum absolute atomic E-state index is 0.00328. The summed E-state index contributed by atoms with van der Waals surface area (Å²) in [5.41, 5.74) is 0.672. The molecule has 210 valence electrons. The Hall–Kier alpha value is -2.22. The number of piperidine rings is 1. The largest absolute Gasteiger partial charge is 0.385 e. The topological polar surface area (TPSA) is 86.7 Å². The standard InChI is InChI=1S/C31H48N4O3/c1-32-22-27(21-24-11-4-3-5-12-24)34-30(36)35-19-10-15-26(23-35)31(37,17-6-7-20-38-2)28-16-8-13-25-14-9-18-33-29(25)28/h8-9,13-14,16,18,24,26-27,32,37H,3-7,10-12,15,17,19-23H2,1-2H3,(H,34,36). The molecular weight excluding hydrogens is 476 g/mol. The van der Waals surface area contributed by atoms with Crippen LogP contribution in [-0.2, 0) is 10.3 Å². The summed E-state index contributed by atoms with van der Waals surface area (Å²) in [6.45, 7) is 2.73. The second kappa shape index (κ2) is 14.2. The van der Waals surface area contributed by atoms with E-state index in [0.29, 0.717) is 25.5 Å². The quantitative estimate of drug-likeness (QED) is 0.332. The van der Waals surface area contributed by atoms with Crippen molar-refractivity contribution < 1.29 is 14.6 Å². The monoisotopic (exact) mass is 524 g/mol. The third-order valence-corrected chi connectivity index (χ3v) is 8.76. The molecule has 38 heavy (non-hydrogen) atoms. The predicted octanol–water partition coefficient (Wildman–Crippen LogP) is 5.22. The van der Waals surface area contributed by atoms with Crippen LogP contribution in [0.5, 0.6) is 0 Å². The SMILES string of the molecule is CNCC(CC1CCCCC1)NC(=O)N1CCCC(C(O)(CCCCOC)c2cccc3cccnc23)C1. The summed E-state index contributed by atoms with van der Waals surface area (Å²) in [6, 6.07) is 10.2. The zero-order valence-corrected chi connectivity index (χ0v) is 23.5. The lowest BCUT2D eigenvalue weighted by Gasteiger charge is -2.43. The summed E-state index contributed by atoms with van der Waals surface area (Å²) in [7, 11) is 3.67. The number of nitrogens with zero attached hydrogens (tertiary/aromatic N) is 2. The number of urea groups is 1. The zero-order valence-electron chi connectivity index (χ0n) is 23.5. The average Bonchev–Trinajstić information content (AvgIpc) is 2.95. The molecule has 3 N–H and O–H groups in total. The Morgan fingerprint density at radius 1 is 1.16 bits per heavy atom. The number of hydrogen-bond donors (Lipinski definition) is 3. The van der Waals surface area contributed by atoms with Crippen LogP contribution in [0.25, 0.3) is 10.9 Å². The minimum atomic E-state index is -1.06. The van der Waals surface area contributed by atoms with Crippen LogP contribution in [0.1, 0.15) is 76.2 Å². The number of aromatic nitrogens is 1. The lowest BCUT2D eigenvalue weighted by atomic mass is 9.73. The third-order valence-electron chi connectivity index (χ3n) is 8.76. The number of pyridine rings is 1. The van der Waals surface area contributed by atoms with Gasteiger partial charge >= 0.3 is 6.03 Å². The van der Waals surface area contributed by atoms with Gasteiger partial charge in [-0.25, -0.2) is 4.79 Å². The molecule has 2 heterocycles. The number of para-hydroxylation sites is 1. The molecule has 1 aromatic heterocycles. The molecule has 7 nitrogen and oxygen atoms in total. The van der Waals surface area contributed by atoms with Gasteiger partial charge in [-0.3, -0.25) is 4.98 Å². The number of aliphatic hydroxyl groups is 1. The number of methoxy groups -OCH3 is 1. The van der Waals surface area contributed by atoms with Gasteiger partial charge < -0.3 is 25.4 Å². The molecule has 1 aromatic carbocycles. The number of rotatable bonds is 12. The normalized spacial score (nSPS) is 21.2. The molecule has 3 atom stereocenters. The van der Waals surface area contributed by atoms with E-state index in [1.807, 2.05) is 42.3 Å². The number of carbonyl (C=O) groups is 1. The van der Waals surface area contributed by atoms with E-state index in [1.165, 1.54) is 32.1 Å². The Labute approximate surface area is 228 Å². The fraction of sp³-hybridized carbons (Fsp3) is 0.677. The molecule has 1 saturated heterocycles. The van der Waals surface area contributed by atoms with E-state index in [1.54, 1.807) is 13.3 Å². The molecule has 3 unspecified atom stereocenters. The highest BCUT2D eigenvalue weighted by Gasteiger charge is 2.42. The maximum absolute atomic E-state index is 13.5. The first-order chi connectivity index (χ1) is 18.5. The van der Waals surface area contributed by atoms with Gasteiger partial charge in [0, 0.05) is 62.5 Å². The molecule has 1 aliphatic heterocycles. The molecule has 2 aromatic rings. The number of benzene rings is 1. The van der Waals surface area contributed by atoms with E-state index in [2.05, 4.69) is 15.6 Å². The van der Waals surface area contributed by atoms with Crippen molar-refractivity contribution >= 4 is 16.9 Å². The van der Waals surface area contributed by atoms with Crippen LogP contribution in [0.15, 0.2) is 36.5 Å². The summed E-state index contributed by atoms with van der Waals surface area (Å²) in [6.07, 6.45) is 13.5. The summed E-state index contributed by atoms with van der Waals surface area (Å²) in [5.74, 6) is 0.644. The van der Waals surface area contributed by atoms with Crippen molar-refractivity contribution in [2.24, 2.45) is 11.8 Å². The van der Waals surface area contributed by atoms with Gasteiger partial charge in [-0.05, 0) is 57.6 Å². The molecule has 7 heteroatoms. The molecule has 4 rings (SSSR count). The van der Waals surface area contributed by atoms with Crippen LogP contribution in [0, 0.1) is 11.8 Å². The number of amides is 2. The van der Waals surface area contributed by atoms with Crippen LogP contribution in [-0.4, -0.2) is 67.5 Å². The van der Waals surface area contributed by atoms with E-state index in [9.17, 15) is 9.90 Å². The van der Waals surface area contributed by atoms with Crippen molar-refractivity contribution in [3.8, 4) is 0 Å². The second-order valence-electron chi connectivity index (χ2n) is 11.5. The molecule has 1 saturated carbocycles. The van der Waals surface area contributed by atoms with Gasteiger partial charge in [0.2, 0.25) is 0 Å². The number of carbonyl (C=O) groups excluding carboxylic acids is 1. The summed E-state index contributed by atoms with van der Waals surface area (Å²) in [4.78, 5) is 20.1. The average molecular weight is 525 g/mol. The Morgan fingerprint density at radius 3 is 2.76 bits per heavy atom. The highest BCUT2D eigenvalue weighted by molar-refractivity contribution is 5.82. The Morgan fingerprint density at radius 2 is 1.97 bits per heavy atom. The fourth-order valence-electron chi connectivity index (χ4n) is 6.74. The van der Waals surface area contributed by atoms with Gasteiger partial charge in [0.25, 0.3) is 0 Å². The maximum atomic E-state index is 13.5. The maximum Gasteiger partial charge on any atom is 0.317 e. The molecule has 2 aliphatic rings. The van der Waals surface area contributed by atoms with Crippen LogP contribution >= 0.6 is 0 Å². The van der Waals surface area contributed by atoms with Crippen LogP contribution < -0.4 is 10.6 Å². The molecule has 0 spiro atoms. The van der Waals surface area contributed by atoms with Gasteiger partial charge in [0.05, 0.1) is 11.1 Å². The van der Waals surface area contributed by atoms with Crippen molar-refractivity contribution in [3.05, 3.63) is 42.1 Å². The first-order valence-electron chi connectivity index (χ1n) is 14.8. The van der Waals surface area contributed by atoms with Gasteiger partial charge in [-0.2, -0.15) is 0 Å². The van der Waals surface area contributed by atoms with Crippen LogP contribution in [0.2, 0.25) is 0 Å². The van der Waals surface area contributed by atoms with E-state index < -0.39 is 5.60 Å². The van der Waals surface area contributed by atoms with Crippen LogP contribution in [0.4, 0.5) is 4.79 Å². The van der Waals surface area contributed by atoms with E-state index >= 15 is 0 Å². The third kappa shape index (κ3) is 7.25. The van der Waals surface area contributed by atoms with Crippen LogP contribution in [0.3, 0.4) is 0 Å². The highest BCUT2D eigenvalue weighted by Crippen LogP contribution is 2.42. The molecule has 0 radical (unpaired) electrons. The Balaban J connectivity index is 1.50. The number of unbranched alkanes of at least 4 members (excludes halogenated alkanes) is 1. The Kier molecular flexibility index (Phi) is 10.8. The first kappa shape index (κ1) is 28.8. The number of fused-ring (bicyclic) bond motifs is 1. The van der Waals surface area contributed by atoms with Gasteiger partial charge in [-0.1, -0.05) is 56.4 Å². The molecule has 1 aliphatic carbocycles. The van der Waals surface area contributed by atoms with Crippen molar-refractivity contribution in [1.82, 2.24) is 20.5 Å². The lowest BCUT2D eigenvalue weighted by molar-refractivity contribution is -0.0553. The zero-order chi connectivity index (χ0) is 26.8.